The van der Waals surface area contributed by atoms with Crippen LogP contribution in [0.3, 0.4) is 0 Å². The predicted octanol–water partition coefficient (Wildman–Crippen LogP) is 1.87. The third kappa shape index (κ3) is 5.00. The summed E-state index contributed by atoms with van der Waals surface area (Å²) in [6.07, 6.45) is 0. The van der Waals surface area contributed by atoms with Crippen LogP contribution in [0.15, 0.2) is 53.4 Å². The van der Waals surface area contributed by atoms with Gasteiger partial charge in [-0.3, -0.25) is 4.79 Å². The third-order valence-corrected chi connectivity index (χ3v) is 7.30. The highest BCUT2D eigenvalue weighted by molar-refractivity contribution is 7.89. The Bertz CT molecular complexity index is 996. The highest BCUT2D eigenvalue weighted by Crippen LogP contribution is 2.41. The van der Waals surface area contributed by atoms with Crippen LogP contribution in [0.4, 0.5) is 0 Å². The number of amides is 1. The van der Waals surface area contributed by atoms with Gasteiger partial charge in [-0.1, -0.05) is 24.3 Å². The summed E-state index contributed by atoms with van der Waals surface area (Å²) in [5, 5.41) is 2.85. The van der Waals surface area contributed by atoms with E-state index in [1.807, 2.05) is 6.07 Å². The molecule has 3 rings (SSSR count). The number of hydrogen-bond acceptors (Lipinski definition) is 6. The van der Waals surface area contributed by atoms with Gasteiger partial charge in [0.2, 0.25) is 15.9 Å². The first-order valence-corrected chi connectivity index (χ1v) is 11.4. The van der Waals surface area contributed by atoms with Crippen LogP contribution in [-0.2, 0) is 19.6 Å². The summed E-state index contributed by atoms with van der Waals surface area (Å²) < 4.78 is 43.6. The average Bonchev–Trinajstić information content (AvgIpc) is 3.25. The monoisotopic (exact) mass is 448 g/mol. The van der Waals surface area contributed by atoms with E-state index in [0.29, 0.717) is 24.7 Å². The number of methoxy groups -OCH3 is 3. The molecule has 2 aromatic rings. The Hall–Kier alpha value is -2.62. The lowest BCUT2D eigenvalue weighted by Crippen LogP contribution is -2.37. The highest BCUT2D eigenvalue weighted by atomic mass is 32.2. The molecule has 1 aliphatic heterocycles. The van der Waals surface area contributed by atoms with Gasteiger partial charge in [-0.05, 0) is 23.8 Å². The number of carbonyl (C=O) groups is 1. The van der Waals surface area contributed by atoms with Gasteiger partial charge in [0.1, 0.15) is 11.5 Å². The molecule has 1 heterocycles. The normalized spacial score (nSPS) is 19.2. The lowest BCUT2D eigenvalue weighted by Gasteiger charge is -2.21. The first-order valence-electron chi connectivity index (χ1n) is 9.96. The van der Waals surface area contributed by atoms with Crippen molar-refractivity contribution >= 4 is 15.9 Å². The first kappa shape index (κ1) is 23.1. The Morgan fingerprint density at radius 2 is 1.81 bits per heavy atom. The van der Waals surface area contributed by atoms with Gasteiger partial charge in [0.05, 0.1) is 31.6 Å². The van der Waals surface area contributed by atoms with Gasteiger partial charge < -0.3 is 19.5 Å². The summed E-state index contributed by atoms with van der Waals surface area (Å²) in [4.78, 5) is 13.2. The van der Waals surface area contributed by atoms with Gasteiger partial charge >= 0.3 is 0 Å². The van der Waals surface area contributed by atoms with E-state index in [1.165, 1.54) is 4.31 Å². The molecule has 31 heavy (non-hydrogen) atoms. The SMILES string of the molecule is COCCNC(=O)[C@@H]1CN(S(=O)(=O)c2ccccc2)C[C@H]1c1ccc(OC)cc1OC. The number of nitrogens with zero attached hydrogens (tertiary/aromatic N) is 1. The van der Waals surface area contributed by atoms with E-state index in [9.17, 15) is 13.2 Å². The number of nitrogens with one attached hydrogen (secondary N) is 1. The standard InChI is InChI=1S/C22H28N2O6S/c1-28-12-11-23-22(25)20-15-24(31(26,27)17-7-5-4-6-8-17)14-19(20)18-10-9-16(29-2)13-21(18)30-3/h4-10,13,19-20H,11-12,14-15H2,1-3H3,(H,23,25)/t19-,20+/m0/s1. The molecule has 1 amide bonds. The summed E-state index contributed by atoms with van der Waals surface area (Å²) in [5.41, 5.74) is 0.765. The Labute approximate surface area is 183 Å². The molecule has 2 atom stereocenters. The maximum Gasteiger partial charge on any atom is 0.243 e. The maximum atomic E-state index is 13.2. The Balaban J connectivity index is 1.96. The van der Waals surface area contributed by atoms with Gasteiger partial charge in [0.15, 0.2) is 0 Å². The summed E-state index contributed by atoms with van der Waals surface area (Å²) in [5.74, 6) is 0.0108. The second kappa shape index (κ2) is 10.1. The fourth-order valence-corrected chi connectivity index (χ4v) is 5.33. The van der Waals surface area contributed by atoms with Crippen LogP contribution < -0.4 is 14.8 Å². The number of benzene rings is 2. The molecule has 0 unspecified atom stereocenters. The van der Waals surface area contributed by atoms with E-state index < -0.39 is 15.9 Å². The topological polar surface area (TPSA) is 94.2 Å². The van der Waals surface area contributed by atoms with Crippen LogP contribution in [0.2, 0.25) is 0 Å². The van der Waals surface area contributed by atoms with E-state index in [0.717, 1.165) is 5.56 Å². The van der Waals surface area contributed by atoms with Crippen LogP contribution >= 0.6 is 0 Å². The molecular weight excluding hydrogens is 420 g/mol. The van der Waals surface area contributed by atoms with Crippen LogP contribution in [0, 0.1) is 5.92 Å². The van der Waals surface area contributed by atoms with Crippen molar-refractivity contribution < 1.29 is 27.4 Å². The fraction of sp³-hybridized carbons (Fsp3) is 0.409. The second-order valence-corrected chi connectivity index (χ2v) is 9.18. The van der Waals surface area contributed by atoms with Crippen LogP contribution in [0.25, 0.3) is 0 Å². The van der Waals surface area contributed by atoms with Crippen molar-refractivity contribution in [2.24, 2.45) is 5.92 Å². The number of carbonyl (C=O) groups excluding carboxylic acids is 1. The van der Waals surface area contributed by atoms with Crippen LogP contribution in [-0.4, -0.2) is 66.2 Å². The van der Waals surface area contributed by atoms with Gasteiger partial charge in [0.25, 0.3) is 0 Å². The predicted molar refractivity (Wildman–Crippen MR) is 116 cm³/mol. The molecule has 2 aromatic carbocycles. The molecule has 1 fully saturated rings. The van der Waals surface area contributed by atoms with Gasteiger partial charge in [-0.25, -0.2) is 8.42 Å². The second-order valence-electron chi connectivity index (χ2n) is 7.24. The zero-order chi connectivity index (χ0) is 22.4. The summed E-state index contributed by atoms with van der Waals surface area (Å²) >= 11 is 0. The zero-order valence-electron chi connectivity index (χ0n) is 17.9. The average molecular weight is 449 g/mol. The minimum atomic E-state index is -3.74. The minimum Gasteiger partial charge on any atom is -0.497 e. The highest BCUT2D eigenvalue weighted by Gasteiger charge is 2.44. The maximum absolute atomic E-state index is 13.2. The molecule has 1 aliphatic rings. The molecule has 8 nitrogen and oxygen atoms in total. The number of ether oxygens (including phenoxy) is 3. The van der Waals surface area contributed by atoms with Crippen molar-refractivity contribution in [2.75, 3.05) is 47.6 Å². The number of hydrogen-bond donors (Lipinski definition) is 1. The molecule has 9 heteroatoms. The Morgan fingerprint density at radius 1 is 1.06 bits per heavy atom. The van der Waals surface area contributed by atoms with E-state index in [4.69, 9.17) is 14.2 Å². The smallest absolute Gasteiger partial charge is 0.243 e. The first-order chi connectivity index (χ1) is 14.9. The van der Waals surface area contributed by atoms with E-state index >= 15 is 0 Å². The van der Waals surface area contributed by atoms with Crippen LogP contribution in [0.1, 0.15) is 11.5 Å². The van der Waals surface area contributed by atoms with Gasteiger partial charge in [-0.15, -0.1) is 0 Å². The molecule has 1 saturated heterocycles. The van der Waals surface area contributed by atoms with Crippen molar-refractivity contribution in [1.82, 2.24) is 9.62 Å². The molecule has 0 spiro atoms. The molecule has 0 aliphatic carbocycles. The minimum absolute atomic E-state index is 0.0793. The van der Waals surface area contributed by atoms with Crippen LogP contribution in [0.5, 0.6) is 11.5 Å². The lowest BCUT2D eigenvalue weighted by molar-refractivity contribution is -0.125. The van der Waals surface area contributed by atoms with E-state index in [-0.39, 0.29) is 29.8 Å². The van der Waals surface area contributed by atoms with Gasteiger partial charge in [0, 0.05) is 38.7 Å². The summed E-state index contributed by atoms with van der Waals surface area (Å²) in [6, 6.07) is 13.6. The molecule has 0 saturated carbocycles. The third-order valence-electron chi connectivity index (χ3n) is 5.45. The fourth-order valence-electron chi connectivity index (χ4n) is 3.82. The van der Waals surface area contributed by atoms with Crippen molar-refractivity contribution in [3.63, 3.8) is 0 Å². The summed E-state index contributed by atoms with van der Waals surface area (Å²) in [7, 11) is 0.917. The largest absolute Gasteiger partial charge is 0.497 e. The zero-order valence-corrected chi connectivity index (χ0v) is 18.7. The lowest BCUT2D eigenvalue weighted by atomic mass is 9.87. The molecule has 0 bridgehead atoms. The Morgan fingerprint density at radius 3 is 2.45 bits per heavy atom. The molecule has 0 radical (unpaired) electrons. The number of sulfonamides is 1. The molecular formula is C22H28N2O6S. The molecule has 168 valence electrons. The van der Waals surface area contributed by atoms with Crippen molar-refractivity contribution in [2.45, 2.75) is 10.8 Å². The van der Waals surface area contributed by atoms with E-state index in [2.05, 4.69) is 5.32 Å². The van der Waals surface area contributed by atoms with E-state index in [1.54, 1.807) is 63.8 Å². The number of rotatable bonds is 9. The van der Waals surface area contributed by atoms with Crippen molar-refractivity contribution in [3.05, 3.63) is 54.1 Å². The molecule has 1 N–H and O–H groups in total. The van der Waals surface area contributed by atoms with Gasteiger partial charge in [-0.2, -0.15) is 4.31 Å². The van der Waals surface area contributed by atoms with Crippen molar-refractivity contribution in [3.8, 4) is 11.5 Å². The summed E-state index contributed by atoms with van der Waals surface area (Å²) in [6.45, 7) is 0.975. The van der Waals surface area contributed by atoms with Crippen molar-refractivity contribution in [1.29, 1.82) is 0 Å². The Kier molecular flexibility index (Phi) is 7.53. The quantitative estimate of drug-likeness (QED) is 0.589. The molecule has 0 aromatic heterocycles.